The maximum atomic E-state index is 11.1. The van der Waals surface area contributed by atoms with Crippen LogP contribution >= 0.6 is 0 Å². The van der Waals surface area contributed by atoms with Gasteiger partial charge < -0.3 is 23.6 Å². The molecule has 0 aliphatic heterocycles. The third-order valence-corrected chi connectivity index (χ3v) is 1.73. The molecule has 0 unspecified atom stereocenters. The van der Waals surface area contributed by atoms with E-state index in [1.54, 1.807) is 0 Å². The van der Waals surface area contributed by atoms with E-state index < -0.39 is 17.9 Å². The molecule has 0 aromatic carbocycles. The first-order chi connectivity index (χ1) is 8.49. The molecule has 1 aromatic rings. The molecule has 1 amide bonds. The molecule has 1 N–H and O–H groups in total. The fourth-order valence-corrected chi connectivity index (χ4v) is 0.961. The summed E-state index contributed by atoms with van der Waals surface area (Å²) in [6, 6.07) is 0. The molecule has 1 heterocycles. The van der Waals surface area contributed by atoms with Crippen molar-refractivity contribution in [2.45, 2.75) is 13.8 Å². The van der Waals surface area contributed by atoms with E-state index in [4.69, 9.17) is 0 Å². The minimum Gasteiger partial charge on any atom is -0.508 e. The summed E-state index contributed by atoms with van der Waals surface area (Å²) in [7, 11) is 0. The molecule has 0 fully saturated rings. The summed E-state index contributed by atoms with van der Waals surface area (Å²) in [4.78, 5) is 32.2. The van der Waals surface area contributed by atoms with Crippen LogP contribution in [-0.2, 0) is 33.7 Å². The number of esters is 1. The molecule has 0 atom stereocenters. The number of amides is 1. The van der Waals surface area contributed by atoms with Gasteiger partial charge in [-0.25, -0.2) is 9.59 Å². The Morgan fingerprint density at radius 2 is 2.05 bits per heavy atom. The number of hydrogen-bond donors (Lipinski definition) is 1. The van der Waals surface area contributed by atoms with Crippen LogP contribution in [-0.4, -0.2) is 25.2 Å². The molecular formula is C10H12NO7Ru. The molecule has 9 heteroatoms. The van der Waals surface area contributed by atoms with Crippen LogP contribution in [0.3, 0.4) is 0 Å². The summed E-state index contributed by atoms with van der Waals surface area (Å²) in [5.41, 5.74) is 0. The second kappa shape index (κ2) is 8.36. The summed E-state index contributed by atoms with van der Waals surface area (Å²) in [5.74, 6) is -1.09. The van der Waals surface area contributed by atoms with E-state index in [1.807, 2.05) is 0 Å². The molecule has 8 nitrogen and oxygen atoms in total. The number of rotatable bonds is 5. The fourth-order valence-electron chi connectivity index (χ4n) is 0.961. The molecule has 1 radical (unpaired) electrons. The van der Waals surface area contributed by atoms with Gasteiger partial charge in [-0.1, -0.05) is 6.92 Å². The average Bonchev–Trinajstić information content (AvgIpc) is 2.60. The molecule has 0 aliphatic rings. The zero-order valence-corrected chi connectivity index (χ0v) is 11.9. The number of aryl methyl sites for hydroxylation is 1. The number of carbonyl (C=O) groups excluding carboxylic acids is 2. The smallest absolute Gasteiger partial charge is 0.508 e. The van der Waals surface area contributed by atoms with Crippen LogP contribution in [0.15, 0.2) is 13.6 Å². The molecule has 0 spiro atoms. The maximum absolute atomic E-state index is 11.1. The van der Waals surface area contributed by atoms with E-state index in [0.717, 1.165) is 6.61 Å². The topological polar surface area (TPSA) is 108 Å². The van der Waals surface area contributed by atoms with Gasteiger partial charge in [0.15, 0.2) is 0 Å². The maximum Gasteiger partial charge on any atom is 1.00 e. The van der Waals surface area contributed by atoms with Gasteiger partial charge in [0.25, 0.3) is 0 Å². The zero-order valence-electron chi connectivity index (χ0n) is 10.2. The number of hydrogen-bond acceptors (Lipinski definition) is 7. The second-order valence-corrected chi connectivity index (χ2v) is 3.16. The van der Waals surface area contributed by atoms with Gasteiger partial charge in [0.1, 0.15) is 6.61 Å². The zero-order chi connectivity index (χ0) is 13.5. The number of carbonyl (C=O) groups is 2. The summed E-state index contributed by atoms with van der Waals surface area (Å²) in [6.07, 6.45) is -0.773. The Kier molecular flexibility index (Phi) is 7.59. The Morgan fingerprint density at radius 3 is 2.58 bits per heavy atom. The van der Waals surface area contributed by atoms with Gasteiger partial charge in [-0.2, -0.15) is 0 Å². The molecule has 0 saturated carbocycles. The standard InChI is InChI=1S/C10H12NO7.Ru/c1-6-8(18-10(14)17-6)5-16-9(13)11-3-4-15-7(2)12;/h5H,3-4H2,1-2H3,(H,11,13);/q-1;+1. The van der Waals surface area contributed by atoms with Crippen LogP contribution in [0.25, 0.3) is 0 Å². The summed E-state index contributed by atoms with van der Waals surface area (Å²) in [5, 5.41) is 2.31. The minimum absolute atomic E-state index is 0. The van der Waals surface area contributed by atoms with Crippen molar-refractivity contribution >= 4 is 12.1 Å². The van der Waals surface area contributed by atoms with Crippen LogP contribution < -0.4 is 11.1 Å². The normalized spacial score (nSPS) is 9.16. The van der Waals surface area contributed by atoms with Crippen LogP contribution in [0, 0.1) is 13.5 Å². The molecule has 19 heavy (non-hydrogen) atoms. The predicted octanol–water partition coefficient (Wildman–Crippen LogP) is 0.338. The number of nitrogens with one attached hydrogen (secondary N) is 1. The van der Waals surface area contributed by atoms with Crippen LogP contribution in [0.5, 0.6) is 0 Å². The molecule has 1 aromatic heterocycles. The van der Waals surface area contributed by atoms with Crippen LogP contribution in [0.4, 0.5) is 4.79 Å². The largest absolute Gasteiger partial charge is 1.00 e. The molecule has 0 bridgehead atoms. The van der Waals surface area contributed by atoms with Crippen molar-refractivity contribution in [3.63, 3.8) is 0 Å². The summed E-state index contributed by atoms with van der Waals surface area (Å²) >= 11 is 0. The van der Waals surface area contributed by atoms with Crippen molar-refractivity contribution in [2.24, 2.45) is 0 Å². The van der Waals surface area contributed by atoms with E-state index in [1.165, 1.54) is 13.8 Å². The molecular weight excluding hydrogens is 347 g/mol. The first kappa shape index (κ1) is 17.2. The third kappa shape index (κ3) is 6.66. The molecule has 107 valence electrons. The van der Waals surface area contributed by atoms with Gasteiger partial charge in [0, 0.05) is 18.4 Å². The fraction of sp³-hybridized carbons (Fsp3) is 0.400. The van der Waals surface area contributed by atoms with Crippen LogP contribution in [0.2, 0.25) is 0 Å². The number of alkyl carbamates (subject to hydrolysis) is 1. The quantitative estimate of drug-likeness (QED) is 0.349. The first-order valence-corrected chi connectivity index (χ1v) is 5.00. The van der Waals surface area contributed by atoms with Crippen molar-refractivity contribution < 1.29 is 47.4 Å². The summed E-state index contributed by atoms with van der Waals surface area (Å²) < 4.78 is 18.3. The van der Waals surface area contributed by atoms with Crippen molar-refractivity contribution in [3.8, 4) is 0 Å². The van der Waals surface area contributed by atoms with Crippen molar-refractivity contribution in [1.82, 2.24) is 5.32 Å². The third-order valence-electron chi connectivity index (χ3n) is 1.73. The Bertz CT molecular complexity index is 478. The van der Waals surface area contributed by atoms with Crippen LogP contribution in [0.1, 0.15) is 18.4 Å². The number of ether oxygens (including phenoxy) is 2. The summed E-state index contributed by atoms with van der Waals surface area (Å²) in [6.45, 7) is 3.85. The SMILES string of the molecule is CC(=O)OCCNC(=O)O[CH-]c1oc(=O)oc1C.[Ru+]. The minimum atomic E-state index is -0.877. The van der Waals surface area contributed by atoms with E-state index in [2.05, 4.69) is 23.6 Å². The Balaban J connectivity index is 0.00000324. The van der Waals surface area contributed by atoms with E-state index in [-0.39, 0.29) is 44.2 Å². The van der Waals surface area contributed by atoms with Gasteiger partial charge >= 0.3 is 37.4 Å². The molecule has 1 rings (SSSR count). The Labute approximate surface area is 121 Å². The van der Waals surface area contributed by atoms with Gasteiger partial charge in [0.05, 0.1) is 6.54 Å². The van der Waals surface area contributed by atoms with E-state index in [9.17, 15) is 14.4 Å². The van der Waals surface area contributed by atoms with Gasteiger partial charge in [-0.05, 0) is 6.61 Å². The van der Waals surface area contributed by atoms with E-state index in [0.29, 0.717) is 0 Å². The first-order valence-electron chi connectivity index (χ1n) is 5.00. The van der Waals surface area contributed by atoms with Gasteiger partial charge in [-0.15, -0.1) is 0 Å². The van der Waals surface area contributed by atoms with Crippen molar-refractivity contribution in [1.29, 1.82) is 0 Å². The average molecular weight is 359 g/mol. The van der Waals surface area contributed by atoms with Gasteiger partial charge in [0.2, 0.25) is 0 Å². The van der Waals surface area contributed by atoms with E-state index >= 15 is 0 Å². The second-order valence-electron chi connectivity index (χ2n) is 3.16. The predicted molar refractivity (Wildman–Crippen MR) is 56.5 cm³/mol. The Morgan fingerprint density at radius 1 is 1.37 bits per heavy atom. The Hall–Kier alpha value is -1.76. The molecule has 0 saturated heterocycles. The van der Waals surface area contributed by atoms with Crippen molar-refractivity contribution in [2.75, 3.05) is 13.2 Å². The van der Waals surface area contributed by atoms with Gasteiger partial charge in [-0.3, -0.25) is 4.79 Å². The van der Waals surface area contributed by atoms with Crippen molar-refractivity contribution in [3.05, 3.63) is 28.7 Å². The molecule has 0 aliphatic carbocycles. The monoisotopic (exact) mass is 360 g/mol.